The third-order valence-corrected chi connectivity index (χ3v) is 3.79. The summed E-state index contributed by atoms with van der Waals surface area (Å²) in [7, 11) is 0. The van der Waals surface area contributed by atoms with E-state index in [1.165, 1.54) is 6.42 Å². The topological polar surface area (TPSA) is 72.3 Å². The van der Waals surface area contributed by atoms with Crippen LogP contribution in [0.5, 0.6) is 0 Å². The molecule has 0 atom stereocenters. The van der Waals surface area contributed by atoms with E-state index in [0.717, 1.165) is 31.8 Å². The molecule has 1 aliphatic rings. The van der Waals surface area contributed by atoms with Crippen LogP contribution in [0.1, 0.15) is 36.5 Å². The molecule has 1 aliphatic heterocycles. The van der Waals surface area contributed by atoms with Gasteiger partial charge in [-0.05, 0) is 37.0 Å². The van der Waals surface area contributed by atoms with E-state index in [1.807, 2.05) is 4.90 Å². The average molecular weight is 247 g/mol. The van der Waals surface area contributed by atoms with Gasteiger partial charge >= 0.3 is 0 Å². The highest BCUT2D eigenvalue weighted by Crippen LogP contribution is 2.23. The lowest BCUT2D eigenvalue weighted by molar-refractivity contribution is 0.0690. The molecule has 0 bridgehead atoms. The Hall–Kier alpha value is -1.71. The molecule has 0 saturated carbocycles. The number of nitrogens with zero attached hydrogens (tertiary/aromatic N) is 1. The quantitative estimate of drug-likeness (QED) is 0.786. The highest BCUT2D eigenvalue weighted by molar-refractivity contribution is 5.99. The molecule has 18 heavy (non-hydrogen) atoms. The average Bonchev–Trinajstić information content (AvgIpc) is 2.38. The highest BCUT2D eigenvalue weighted by atomic mass is 16.2. The predicted octanol–water partition coefficient (Wildman–Crippen LogP) is 2.11. The SMILES string of the molecule is CCC1CCN(C(=O)c2ccc(N)cc2N)CC1. The van der Waals surface area contributed by atoms with Crippen LogP contribution in [-0.2, 0) is 0 Å². The van der Waals surface area contributed by atoms with E-state index in [0.29, 0.717) is 16.9 Å². The van der Waals surface area contributed by atoms with E-state index in [4.69, 9.17) is 11.5 Å². The molecule has 4 nitrogen and oxygen atoms in total. The number of carbonyl (C=O) groups is 1. The highest BCUT2D eigenvalue weighted by Gasteiger charge is 2.23. The van der Waals surface area contributed by atoms with Crippen LogP contribution in [0, 0.1) is 5.92 Å². The molecule has 2 rings (SSSR count). The Morgan fingerprint density at radius 3 is 2.56 bits per heavy atom. The van der Waals surface area contributed by atoms with Crippen LogP contribution in [0.2, 0.25) is 0 Å². The molecule has 1 aromatic carbocycles. The first-order chi connectivity index (χ1) is 8.61. The van der Waals surface area contributed by atoms with Crippen molar-refractivity contribution in [1.82, 2.24) is 4.90 Å². The van der Waals surface area contributed by atoms with E-state index in [1.54, 1.807) is 18.2 Å². The molecule has 1 aromatic rings. The van der Waals surface area contributed by atoms with Gasteiger partial charge in [-0.1, -0.05) is 13.3 Å². The van der Waals surface area contributed by atoms with Crippen LogP contribution >= 0.6 is 0 Å². The second-order valence-electron chi connectivity index (χ2n) is 4.99. The Labute approximate surface area is 108 Å². The molecular weight excluding hydrogens is 226 g/mol. The summed E-state index contributed by atoms with van der Waals surface area (Å²) >= 11 is 0. The summed E-state index contributed by atoms with van der Waals surface area (Å²) in [5.41, 5.74) is 13.1. The summed E-state index contributed by atoms with van der Waals surface area (Å²) in [6.07, 6.45) is 3.39. The fourth-order valence-corrected chi connectivity index (χ4v) is 2.49. The lowest BCUT2D eigenvalue weighted by atomic mass is 9.94. The van der Waals surface area contributed by atoms with Crippen molar-refractivity contribution in [2.24, 2.45) is 5.92 Å². The Morgan fingerprint density at radius 2 is 2.00 bits per heavy atom. The molecule has 0 radical (unpaired) electrons. The molecule has 1 heterocycles. The number of hydrogen-bond acceptors (Lipinski definition) is 3. The molecule has 1 saturated heterocycles. The zero-order valence-electron chi connectivity index (χ0n) is 10.9. The standard InChI is InChI=1S/C14H21N3O/c1-2-10-5-7-17(8-6-10)14(18)12-4-3-11(15)9-13(12)16/h3-4,9-10H,2,5-8,15-16H2,1H3. The van der Waals surface area contributed by atoms with Gasteiger partial charge in [-0.3, -0.25) is 4.79 Å². The van der Waals surface area contributed by atoms with Gasteiger partial charge in [0.15, 0.2) is 0 Å². The Bertz CT molecular complexity index is 437. The summed E-state index contributed by atoms with van der Waals surface area (Å²) in [5, 5.41) is 0. The minimum absolute atomic E-state index is 0.0297. The summed E-state index contributed by atoms with van der Waals surface area (Å²) in [5.74, 6) is 0.792. The molecule has 1 fully saturated rings. The molecule has 98 valence electrons. The minimum atomic E-state index is 0.0297. The van der Waals surface area contributed by atoms with Gasteiger partial charge in [0.25, 0.3) is 5.91 Å². The van der Waals surface area contributed by atoms with E-state index in [2.05, 4.69) is 6.92 Å². The third-order valence-electron chi connectivity index (χ3n) is 3.79. The van der Waals surface area contributed by atoms with Crippen molar-refractivity contribution in [1.29, 1.82) is 0 Å². The summed E-state index contributed by atoms with van der Waals surface area (Å²) in [6.45, 7) is 3.88. The first-order valence-corrected chi connectivity index (χ1v) is 6.56. The number of piperidine rings is 1. The number of likely N-dealkylation sites (tertiary alicyclic amines) is 1. The number of nitrogens with two attached hydrogens (primary N) is 2. The number of amides is 1. The van der Waals surface area contributed by atoms with Crippen molar-refractivity contribution >= 4 is 17.3 Å². The number of benzene rings is 1. The van der Waals surface area contributed by atoms with Gasteiger partial charge < -0.3 is 16.4 Å². The van der Waals surface area contributed by atoms with Gasteiger partial charge in [-0.2, -0.15) is 0 Å². The Morgan fingerprint density at radius 1 is 1.33 bits per heavy atom. The van der Waals surface area contributed by atoms with Crippen LogP contribution in [0.15, 0.2) is 18.2 Å². The Kier molecular flexibility index (Phi) is 3.75. The number of nitrogen functional groups attached to an aromatic ring is 2. The fraction of sp³-hybridized carbons (Fsp3) is 0.500. The molecule has 4 N–H and O–H groups in total. The monoisotopic (exact) mass is 247 g/mol. The number of anilines is 2. The summed E-state index contributed by atoms with van der Waals surface area (Å²) < 4.78 is 0. The van der Waals surface area contributed by atoms with Crippen LogP contribution in [-0.4, -0.2) is 23.9 Å². The van der Waals surface area contributed by atoms with Crippen molar-refractivity contribution in [2.45, 2.75) is 26.2 Å². The lowest BCUT2D eigenvalue weighted by Gasteiger charge is -2.31. The Balaban J connectivity index is 2.08. The molecule has 0 aliphatic carbocycles. The molecule has 1 amide bonds. The van der Waals surface area contributed by atoms with Crippen molar-refractivity contribution in [2.75, 3.05) is 24.6 Å². The fourth-order valence-electron chi connectivity index (χ4n) is 2.49. The number of carbonyl (C=O) groups excluding carboxylic acids is 1. The van der Waals surface area contributed by atoms with E-state index in [9.17, 15) is 4.79 Å². The van der Waals surface area contributed by atoms with E-state index in [-0.39, 0.29) is 5.91 Å². The van der Waals surface area contributed by atoms with Gasteiger partial charge in [0.05, 0.1) is 5.56 Å². The second-order valence-corrected chi connectivity index (χ2v) is 4.99. The van der Waals surface area contributed by atoms with E-state index < -0.39 is 0 Å². The van der Waals surface area contributed by atoms with Crippen molar-refractivity contribution in [3.63, 3.8) is 0 Å². The third kappa shape index (κ3) is 2.58. The molecule has 0 unspecified atom stereocenters. The second kappa shape index (κ2) is 5.29. The normalized spacial score (nSPS) is 16.8. The molecular formula is C14H21N3O. The van der Waals surface area contributed by atoms with Crippen molar-refractivity contribution < 1.29 is 4.79 Å². The number of hydrogen-bond donors (Lipinski definition) is 2. The van der Waals surface area contributed by atoms with Crippen LogP contribution in [0.3, 0.4) is 0 Å². The van der Waals surface area contributed by atoms with Crippen LogP contribution in [0.4, 0.5) is 11.4 Å². The molecule has 0 spiro atoms. The van der Waals surface area contributed by atoms with Gasteiger partial charge in [0.2, 0.25) is 0 Å². The minimum Gasteiger partial charge on any atom is -0.399 e. The van der Waals surface area contributed by atoms with Crippen molar-refractivity contribution in [3.8, 4) is 0 Å². The van der Waals surface area contributed by atoms with Crippen LogP contribution in [0.25, 0.3) is 0 Å². The van der Waals surface area contributed by atoms with Gasteiger partial charge in [-0.15, -0.1) is 0 Å². The van der Waals surface area contributed by atoms with Gasteiger partial charge in [0, 0.05) is 24.5 Å². The first-order valence-electron chi connectivity index (χ1n) is 6.56. The maximum atomic E-state index is 12.3. The first kappa shape index (κ1) is 12.7. The molecule has 0 aromatic heterocycles. The maximum Gasteiger partial charge on any atom is 0.255 e. The number of rotatable bonds is 2. The largest absolute Gasteiger partial charge is 0.399 e. The predicted molar refractivity (Wildman–Crippen MR) is 74.2 cm³/mol. The van der Waals surface area contributed by atoms with Crippen LogP contribution < -0.4 is 11.5 Å². The smallest absolute Gasteiger partial charge is 0.255 e. The van der Waals surface area contributed by atoms with Gasteiger partial charge in [0.1, 0.15) is 0 Å². The summed E-state index contributed by atoms with van der Waals surface area (Å²) in [4.78, 5) is 14.2. The zero-order valence-corrected chi connectivity index (χ0v) is 10.9. The lowest BCUT2D eigenvalue weighted by Crippen LogP contribution is -2.38. The summed E-state index contributed by atoms with van der Waals surface area (Å²) in [6, 6.07) is 5.09. The maximum absolute atomic E-state index is 12.3. The molecule has 4 heteroatoms. The van der Waals surface area contributed by atoms with Crippen molar-refractivity contribution in [3.05, 3.63) is 23.8 Å². The van der Waals surface area contributed by atoms with E-state index >= 15 is 0 Å². The van der Waals surface area contributed by atoms with Gasteiger partial charge in [-0.25, -0.2) is 0 Å². The zero-order chi connectivity index (χ0) is 13.1.